The lowest BCUT2D eigenvalue weighted by Crippen LogP contribution is -2.16. The van der Waals surface area contributed by atoms with Crippen LogP contribution in [0.3, 0.4) is 0 Å². The van der Waals surface area contributed by atoms with Crippen LogP contribution in [0.5, 0.6) is 5.75 Å². The highest BCUT2D eigenvalue weighted by molar-refractivity contribution is 5.70. The van der Waals surface area contributed by atoms with Crippen molar-refractivity contribution < 1.29 is 19.1 Å². The molecule has 3 rings (SSSR count). The molecule has 2 aromatic carbocycles. The molecule has 0 atom stereocenters. The van der Waals surface area contributed by atoms with Crippen LogP contribution in [-0.4, -0.2) is 38.0 Å². The molecular weight excluding hydrogens is 408 g/mol. The van der Waals surface area contributed by atoms with Crippen LogP contribution in [0.15, 0.2) is 84.6 Å². The number of rotatable bonds is 12. The van der Waals surface area contributed by atoms with Crippen molar-refractivity contribution in [2.24, 2.45) is 0 Å². The third-order valence-corrected chi connectivity index (χ3v) is 4.75. The molecule has 0 aliphatic heterocycles. The van der Waals surface area contributed by atoms with Gasteiger partial charge >= 0.3 is 0 Å². The van der Waals surface area contributed by atoms with E-state index in [1.807, 2.05) is 55.5 Å². The fourth-order valence-electron chi connectivity index (χ4n) is 3.21. The van der Waals surface area contributed by atoms with Gasteiger partial charge in [0.15, 0.2) is 0 Å². The minimum Gasteiger partial charge on any atom is -0.491 e. The van der Waals surface area contributed by atoms with Gasteiger partial charge in [0.1, 0.15) is 12.4 Å². The monoisotopic (exact) mass is 436 g/mol. The van der Waals surface area contributed by atoms with Crippen LogP contribution in [0.4, 0.5) is 17.1 Å². The summed E-state index contributed by atoms with van der Waals surface area (Å²) in [5, 5.41) is 11.0. The van der Waals surface area contributed by atoms with Crippen LogP contribution < -0.4 is 9.64 Å². The van der Waals surface area contributed by atoms with Crippen molar-refractivity contribution in [2.75, 3.05) is 37.9 Å². The van der Waals surface area contributed by atoms with Crippen LogP contribution in [-0.2, 0) is 9.47 Å². The summed E-state index contributed by atoms with van der Waals surface area (Å²) in [6.45, 7) is 4.73. The van der Waals surface area contributed by atoms with Gasteiger partial charge in [-0.25, -0.2) is 0 Å². The lowest BCUT2D eigenvalue weighted by Gasteiger charge is -2.27. The summed E-state index contributed by atoms with van der Waals surface area (Å²) >= 11 is 0. The molecule has 1 aliphatic rings. The molecule has 7 heteroatoms. The van der Waals surface area contributed by atoms with Crippen LogP contribution in [0.25, 0.3) is 0 Å². The summed E-state index contributed by atoms with van der Waals surface area (Å²) < 4.78 is 16.5. The average Bonchev–Trinajstić information content (AvgIpc) is 3.09. The molecule has 0 aromatic heterocycles. The van der Waals surface area contributed by atoms with E-state index in [2.05, 4.69) is 11.0 Å². The molecule has 0 amide bonds. The Bertz CT molecular complexity index is 949. The van der Waals surface area contributed by atoms with Gasteiger partial charge in [-0.1, -0.05) is 24.3 Å². The minimum atomic E-state index is -0.392. The summed E-state index contributed by atoms with van der Waals surface area (Å²) in [5.41, 5.74) is 2.91. The van der Waals surface area contributed by atoms with E-state index in [0.717, 1.165) is 29.2 Å². The quantitative estimate of drug-likeness (QED) is 0.246. The second kappa shape index (κ2) is 12.4. The van der Waals surface area contributed by atoms with Gasteiger partial charge < -0.3 is 19.1 Å². The van der Waals surface area contributed by atoms with E-state index in [1.165, 1.54) is 12.1 Å². The highest BCUT2D eigenvalue weighted by Crippen LogP contribution is 2.34. The first-order valence-corrected chi connectivity index (χ1v) is 10.6. The van der Waals surface area contributed by atoms with Crippen LogP contribution in [0, 0.1) is 10.1 Å². The summed E-state index contributed by atoms with van der Waals surface area (Å²) in [6.07, 6.45) is 10.8. The second-order valence-corrected chi connectivity index (χ2v) is 6.94. The molecule has 0 saturated heterocycles. The minimum absolute atomic E-state index is 0.0653. The van der Waals surface area contributed by atoms with E-state index in [9.17, 15) is 10.1 Å². The Kier molecular flexibility index (Phi) is 9.04. The number of benzene rings is 2. The average molecular weight is 437 g/mol. The predicted octanol–water partition coefficient (Wildman–Crippen LogP) is 5.56. The third kappa shape index (κ3) is 6.80. The standard InChI is InChI=1S/C25H28N2O5/c1-2-30-17-18-31-19-20-32-25-15-13-23(14-16-25)26(21-7-5-3-4-6-8-21)22-9-11-24(12-10-22)27(28)29/h3-7,9-16H,2,8,17-20H2,1H3. The number of ether oxygens (including phenoxy) is 3. The van der Waals surface area contributed by atoms with Crippen molar-refractivity contribution in [2.45, 2.75) is 13.3 Å². The zero-order valence-corrected chi connectivity index (χ0v) is 18.2. The molecule has 1 aliphatic carbocycles. The number of non-ortho nitro benzene ring substituents is 1. The maximum atomic E-state index is 11.0. The number of allylic oxidation sites excluding steroid dienone is 5. The van der Waals surface area contributed by atoms with Crippen LogP contribution >= 0.6 is 0 Å². The SMILES string of the molecule is CCOCCOCCOc1ccc(N(C2=CC=CC=CC2)c2ccc([N+](=O)[O-])cc2)cc1. The Hall–Kier alpha value is -3.42. The highest BCUT2D eigenvalue weighted by Gasteiger charge is 2.16. The van der Waals surface area contributed by atoms with E-state index in [-0.39, 0.29) is 5.69 Å². The first-order valence-electron chi connectivity index (χ1n) is 10.6. The predicted molar refractivity (Wildman–Crippen MR) is 125 cm³/mol. The summed E-state index contributed by atoms with van der Waals surface area (Å²) in [4.78, 5) is 12.7. The molecule has 168 valence electrons. The maximum absolute atomic E-state index is 11.0. The molecule has 0 fully saturated rings. The fraction of sp³-hybridized carbons (Fsp3) is 0.280. The summed E-state index contributed by atoms with van der Waals surface area (Å²) in [5.74, 6) is 0.750. The Balaban J connectivity index is 1.71. The van der Waals surface area contributed by atoms with Gasteiger partial charge in [0.25, 0.3) is 5.69 Å². The summed E-state index contributed by atoms with van der Waals surface area (Å²) in [6, 6.07) is 14.4. The zero-order valence-electron chi connectivity index (χ0n) is 18.2. The van der Waals surface area contributed by atoms with Gasteiger partial charge in [-0.3, -0.25) is 10.1 Å². The van der Waals surface area contributed by atoms with Gasteiger partial charge in [0, 0.05) is 42.2 Å². The fourth-order valence-corrected chi connectivity index (χ4v) is 3.21. The smallest absolute Gasteiger partial charge is 0.269 e. The van der Waals surface area contributed by atoms with Gasteiger partial charge in [0.2, 0.25) is 0 Å². The van der Waals surface area contributed by atoms with Crippen molar-refractivity contribution in [3.05, 3.63) is 94.7 Å². The lowest BCUT2D eigenvalue weighted by molar-refractivity contribution is -0.384. The number of nitro groups is 1. The van der Waals surface area contributed by atoms with Gasteiger partial charge in [0.05, 0.1) is 24.7 Å². The van der Waals surface area contributed by atoms with E-state index >= 15 is 0 Å². The first kappa shape index (κ1) is 23.2. The normalized spacial score (nSPS) is 12.8. The van der Waals surface area contributed by atoms with Gasteiger partial charge in [-0.05, 0) is 49.4 Å². The van der Waals surface area contributed by atoms with Crippen molar-refractivity contribution in [1.29, 1.82) is 0 Å². The molecular formula is C25H28N2O5. The molecule has 32 heavy (non-hydrogen) atoms. The first-order chi connectivity index (χ1) is 15.7. The molecule has 2 aromatic rings. The topological polar surface area (TPSA) is 74.1 Å². The highest BCUT2D eigenvalue weighted by atomic mass is 16.6. The van der Waals surface area contributed by atoms with Gasteiger partial charge in [-0.15, -0.1) is 0 Å². The van der Waals surface area contributed by atoms with E-state index in [0.29, 0.717) is 33.0 Å². The number of nitrogens with zero attached hydrogens (tertiary/aromatic N) is 2. The third-order valence-electron chi connectivity index (χ3n) is 4.75. The Morgan fingerprint density at radius 2 is 1.53 bits per heavy atom. The lowest BCUT2D eigenvalue weighted by atomic mass is 10.1. The molecule has 0 spiro atoms. The molecule has 0 unspecified atom stereocenters. The molecule has 0 heterocycles. The summed E-state index contributed by atoms with van der Waals surface area (Å²) in [7, 11) is 0. The van der Waals surface area contributed by atoms with Crippen molar-refractivity contribution in [3.8, 4) is 5.75 Å². The molecule has 0 N–H and O–H groups in total. The zero-order chi connectivity index (χ0) is 22.6. The molecule has 0 radical (unpaired) electrons. The number of anilines is 2. The van der Waals surface area contributed by atoms with E-state index in [1.54, 1.807) is 12.1 Å². The van der Waals surface area contributed by atoms with Crippen molar-refractivity contribution in [3.63, 3.8) is 0 Å². The number of hydrogen-bond acceptors (Lipinski definition) is 6. The number of nitro benzene ring substituents is 1. The molecule has 0 saturated carbocycles. The molecule has 7 nitrogen and oxygen atoms in total. The Labute approximate surface area is 188 Å². The number of hydrogen-bond donors (Lipinski definition) is 0. The second-order valence-electron chi connectivity index (χ2n) is 6.94. The Morgan fingerprint density at radius 1 is 0.875 bits per heavy atom. The van der Waals surface area contributed by atoms with Gasteiger partial charge in [-0.2, -0.15) is 0 Å². The van der Waals surface area contributed by atoms with Crippen LogP contribution in [0.1, 0.15) is 13.3 Å². The molecule has 0 bridgehead atoms. The largest absolute Gasteiger partial charge is 0.491 e. The van der Waals surface area contributed by atoms with E-state index in [4.69, 9.17) is 14.2 Å². The Morgan fingerprint density at radius 3 is 2.22 bits per heavy atom. The van der Waals surface area contributed by atoms with Crippen molar-refractivity contribution in [1.82, 2.24) is 0 Å². The van der Waals surface area contributed by atoms with Crippen molar-refractivity contribution >= 4 is 17.1 Å². The maximum Gasteiger partial charge on any atom is 0.269 e. The van der Waals surface area contributed by atoms with Crippen LogP contribution in [0.2, 0.25) is 0 Å². The van der Waals surface area contributed by atoms with E-state index < -0.39 is 4.92 Å².